The number of unbranched alkanes of at least 4 members (excludes halogenated alkanes) is 17. The maximum atomic E-state index is 12.6. The Balaban J connectivity index is 4.51. The van der Waals surface area contributed by atoms with Crippen LogP contribution in [0.15, 0.2) is 0 Å². The molecule has 0 bridgehead atoms. The molecule has 0 aromatic heterocycles. The topological polar surface area (TPSA) is 90.9 Å². The van der Waals surface area contributed by atoms with E-state index in [9.17, 15) is 14.4 Å². The highest BCUT2D eigenvalue weighted by Gasteiger charge is 2.14. The largest absolute Gasteiger partial charge is 0.465 e. The van der Waals surface area contributed by atoms with E-state index in [0.29, 0.717) is 62.9 Å². The van der Waals surface area contributed by atoms with Gasteiger partial charge in [-0.15, -0.1) is 0 Å². The molecule has 0 saturated heterocycles. The second-order valence-electron chi connectivity index (χ2n) is 18.2. The van der Waals surface area contributed by atoms with Gasteiger partial charge in [-0.25, -0.2) is 0 Å². The lowest BCUT2D eigenvalue weighted by atomic mass is 9.96. The number of hydrogen-bond acceptors (Lipinski definition) is 7. The van der Waals surface area contributed by atoms with E-state index in [1.54, 1.807) is 0 Å². The second-order valence-corrected chi connectivity index (χ2v) is 18.2. The molecule has 0 amide bonds. The van der Waals surface area contributed by atoms with Gasteiger partial charge in [-0.05, 0) is 88.5 Å². The Bertz CT molecular complexity index is 879. The third kappa shape index (κ3) is 39.0. The van der Waals surface area contributed by atoms with Gasteiger partial charge in [-0.3, -0.25) is 14.4 Å². The number of rotatable bonds is 46. The lowest BCUT2D eigenvalue weighted by Gasteiger charge is -2.19. The van der Waals surface area contributed by atoms with Gasteiger partial charge in [0.2, 0.25) is 0 Å². The third-order valence-corrected chi connectivity index (χ3v) is 12.6. The first-order valence-electron chi connectivity index (χ1n) is 26.0. The number of carbonyl (C=O) groups is 3. The first-order chi connectivity index (χ1) is 28.8. The van der Waals surface area contributed by atoms with Crippen molar-refractivity contribution in [1.82, 2.24) is 5.32 Å². The average Bonchev–Trinajstić information content (AvgIpc) is 3.24. The molecule has 3 unspecified atom stereocenters. The van der Waals surface area contributed by atoms with Gasteiger partial charge in [-0.2, -0.15) is 0 Å². The van der Waals surface area contributed by atoms with E-state index < -0.39 is 0 Å². The molecule has 0 spiro atoms. The summed E-state index contributed by atoms with van der Waals surface area (Å²) in [5, 5.41) is 3.86. The summed E-state index contributed by atoms with van der Waals surface area (Å²) in [5.74, 6) is 1.47. The molecule has 0 aromatic rings. The van der Waals surface area contributed by atoms with Crippen molar-refractivity contribution in [2.45, 2.75) is 272 Å². The fourth-order valence-corrected chi connectivity index (χ4v) is 8.09. The van der Waals surface area contributed by atoms with Crippen LogP contribution in [0.2, 0.25) is 0 Å². The Morgan fingerprint density at radius 3 is 1.10 bits per heavy atom. The van der Waals surface area contributed by atoms with Crippen LogP contribution in [0.5, 0.6) is 0 Å². The Labute approximate surface area is 367 Å². The van der Waals surface area contributed by atoms with Crippen molar-refractivity contribution in [2.24, 2.45) is 17.8 Å². The molecule has 0 aromatic carbocycles. The van der Waals surface area contributed by atoms with Gasteiger partial charge in [0.15, 0.2) is 0 Å². The summed E-state index contributed by atoms with van der Waals surface area (Å²) in [6.45, 7) is 16.0. The van der Waals surface area contributed by atoms with Gasteiger partial charge < -0.3 is 19.5 Å². The summed E-state index contributed by atoms with van der Waals surface area (Å²) in [5.41, 5.74) is 0. The molecular weight excluding hydrogens is 735 g/mol. The summed E-state index contributed by atoms with van der Waals surface area (Å²) < 4.78 is 16.9. The zero-order chi connectivity index (χ0) is 43.4. The summed E-state index contributed by atoms with van der Waals surface area (Å²) in [7, 11) is 0. The molecule has 0 rings (SSSR count). The minimum Gasteiger partial charge on any atom is -0.465 e. The Hall–Kier alpha value is -1.63. The first kappa shape index (κ1) is 57.4. The lowest BCUT2D eigenvalue weighted by molar-refractivity contribution is -0.146. The molecule has 0 saturated carbocycles. The molecule has 0 heterocycles. The van der Waals surface area contributed by atoms with Crippen molar-refractivity contribution >= 4 is 17.9 Å². The van der Waals surface area contributed by atoms with Crippen molar-refractivity contribution < 1.29 is 28.6 Å². The smallest absolute Gasteiger partial charge is 0.305 e. The molecule has 350 valence electrons. The Morgan fingerprint density at radius 1 is 0.356 bits per heavy atom. The van der Waals surface area contributed by atoms with Crippen molar-refractivity contribution in [3.05, 3.63) is 0 Å². The minimum atomic E-state index is -0.0227. The molecule has 7 nitrogen and oxygen atoms in total. The number of ether oxygens (including phenoxy) is 3. The van der Waals surface area contributed by atoms with Crippen LogP contribution in [0.1, 0.15) is 266 Å². The average molecular weight is 836 g/mol. The Kier molecular flexibility index (Phi) is 43.2. The van der Waals surface area contributed by atoms with Gasteiger partial charge in [0.25, 0.3) is 0 Å². The number of nitrogens with one attached hydrogen (secondary N) is 1. The molecule has 0 aliphatic rings. The van der Waals surface area contributed by atoms with E-state index in [4.69, 9.17) is 14.2 Å². The highest BCUT2D eigenvalue weighted by atomic mass is 16.5. The molecular formula is C52H101NO6. The van der Waals surface area contributed by atoms with Crippen molar-refractivity contribution in [3.63, 3.8) is 0 Å². The van der Waals surface area contributed by atoms with Crippen LogP contribution in [-0.4, -0.2) is 50.3 Å². The minimum absolute atomic E-state index is 0.0201. The molecule has 0 aliphatic heterocycles. The maximum absolute atomic E-state index is 12.6. The molecule has 0 aliphatic carbocycles. The van der Waals surface area contributed by atoms with Crippen molar-refractivity contribution in [3.8, 4) is 0 Å². The van der Waals surface area contributed by atoms with Crippen molar-refractivity contribution in [1.29, 1.82) is 0 Å². The van der Waals surface area contributed by atoms with Crippen LogP contribution in [-0.2, 0) is 28.6 Å². The lowest BCUT2D eigenvalue weighted by Crippen LogP contribution is -2.30. The number of carbonyl (C=O) groups excluding carboxylic acids is 3. The molecule has 1 N–H and O–H groups in total. The van der Waals surface area contributed by atoms with Gasteiger partial charge in [0.1, 0.15) is 0 Å². The highest BCUT2D eigenvalue weighted by Crippen LogP contribution is 2.20. The second kappa shape index (κ2) is 44.4. The van der Waals surface area contributed by atoms with Crippen LogP contribution < -0.4 is 5.32 Å². The van der Waals surface area contributed by atoms with E-state index in [-0.39, 0.29) is 17.9 Å². The fourth-order valence-electron chi connectivity index (χ4n) is 8.09. The monoisotopic (exact) mass is 836 g/mol. The van der Waals surface area contributed by atoms with Crippen molar-refractivity contribution in [2.75, 3.05) is 26.4 Å². The van der Waals surface area contributed by atoms with Gasteiger partial charge in [-0.1, -0.05) is 183 Å². The SMILES string of the molecule is CCCCCCC(CCCC)COC(=O)CCCCNC(CCCCCCCCC(=O)OCC(CC)CCCC)CCCCCCCCC(=O)OCC(CC)CCCC. The van der Waals surface area contributed by atoms with E-state index in [0.717, 1.165) is 70.8 Å². The number of hydrogen-bond donors (Lipinski definition) is 1. The summed E-state index contributed by atoms with van der Waals surface area (Å²) in [4.78, 5) is 37.1. The maximum Gasteiger partial charge on any atom is 0.305 e. The van der Waals surface area contributed by atoms with Crippen LogP contribution in [0.3, 0.4) is 0 Å². The molecule has 7 heteroatoms. The molecule has 59 heavy (non-hydrogen) atoms. The summed E-state index contributed by atoms with van der Waals surface area (Å²) in [6.07, 6.45) is 38.9. The van der Waals surface area contributed by atoms with Gasteiger partial charge in [0, 0.05) is 25.3 Å². The quantitative estimate of drug-likeness (QED) is 0.0371. The van der Waals surface area contributed by atoms with Gasteiger partial charge in [0.05, 0.1) is 19.8 Å². The van der Waals surface area contributed by atoms with Crippen LogP contribution >= 0.6 is 0 Å². The predicted octanol–water partition coefficient (Wildman–Crippen LogP) is 15.2. The van der Waals surface area contributed by atoms with E-state index in [1.165, 1.54) is 141 Å². The Morgan fingerprint density at radius 2 is 0.678 bits per heavy atom. The highest BCUT2D eigenvalue weighted by molar-refractivity contribution is 5.69. The normalized spacial score (nSPS) is 13.5. The van der Waals surface area contributed by atoms with E-state index in [1.807, 2.05) is 0 Å². The van der Waals surface area contributed by atoms with E-state index >= 15 is 0 Å². The number of esters is 3. The van der Waals surface area contributed by atoms with Gasteiger partial charge >= 0.3 is 17.9 Å². The van der Waals surface area contributed by atoms with E-state index in [2.05, 4.69) is 46.9 Å². The van der Waals surface area contributed by atoms with Crippen LogP contribution in [0, 0.1) is 17.8 Å². The molecule has 0 radical (unpaired) electrons. The van der Waals surface area contributed by atoms with Crippen LogP contribution in [0.25, 0.3) is 0 Å². The molecule has 0 fully saturated rings. The first-order valence-corrected chi connectivity index (χ1v) is 26.0. The van der Waals surface area contributed by atoms with Crippen LogP contribution in [0.4, 0.5) is 0 Å². The standard InChI is InChI=1S/C52H101NO6/c1-7-13-17-26-36-48(35-16-10-4)45-59-52(56)41-31-32-42-53-49(37-27-22-18-20-24-29-39-50(54)57-43-46(11-5)33-14-8-2)38-28-23-19-21-25-30-40-51(55)58-44-47(12-6)34-15-9-3/h46-49,53H,7-45H2,1-6H3. The fraction of sp³-hybridized carbons (Fsp3) is 0.942. The molecule has 3 atom stereocenters. The summed E-state index contributed by atoms with van der Waals surface area (Å²) >= 11 is 0. The predicted molar refractivity (Wildman–Crippen MR) is 251 cm³/mol. The summed E-state index contributed by atoms with van der Waals surface area (Å²) in [6, 6.07) is 0.520. The zero-order valence-corrected chi connectivity index (χ0v) is 40.3. The zero-order valence-electron chi connectivity index (χ0n) is 40.3. The third-order valence-electron chi connectivity index (χ3n) is 12.6.